The van der Waals surface area contributed by atoms with Crippen molar-refractivity contribution in [1.82, 2.24) is 10.2 Å². The molecular formula is C17H18F3N3O3. The molecule has 0 spiro atoms. The molecule has 140 valence electrons. The van der Waals surface area contributed by atoms with Gasteiger partial charge in [-0.25, -0.2) is 4.79 Å². The van der Waals surface area contributed by atoms with E-state index in [1.807, 2.05) is 6.08 Å². The highest BCUT2D eigenvalue weighted by atomic mass is 19.4. The van der Waals surface area contributed by atoms with E-state index < -0.39 is 12.4 Å². The maximum Gasteiger partial charge on any atom is 0.573 e. The molecule has 6 nitrogen and oxygen atoms in total. The van der Waals surface area contributed by atoms with Crippen LogP contribution in [0.5, 0.6) is 5.75 Å². The number of allylic oxidation sites excluding steroid dienone is 1. The summed E-state index contributed by atoms with van der Waals surface area (Å²) in [6, 6.07) is 4.40. The topological polar surface area (TPSA) is 70.7 Å². The summed E-state index contributed by atoms with van der Waals surface area (Å²) in [5.74, 6) is -0.277. The zero-order valence-electron chi connectivity index (χ0n) is 13.8. The van der Waals surface area contributed by atoms with Crippen LogP contribution in [0.1, 0.15) is 19.3 Å². The van der Waals surface area contributed by atoms with Crippen LogP contribution >= 0.6 is 0 Å². The Morgan fingerprint density at radius 1 is 1.12 bits per heavy atom. The first-order valence-corrected chi connectivity index (χ1v) is 8.22. The molecular weight excluding hydrogens is 351 g/mol. The van der Waals surface area contributed by atoms with Crippen LogP contribution < -0.4 is 15.4 Å². The highest BCUT2D eigenvalue weighted by Gasteiger charge is 2.31. The number of nitrogens with one attached hydrogen (secondary N) is 2. The number of halogens is 3. The Balaban J connectivity index is 1.43. The van der Waals surface area contributed by atoms with Crippen molar-refractivity contribution in [3.8, 4) is 5.75 Å². The van der Waals surface area contributed by atoms with Crippen molar-refractivity contribution in [3.05, 3.63) is 35.9 Å². The molecule has 2 aliphatic rings. The largest absolute Gasteiger partial charge is 0.573 e. The van der Waals surface area contributed by atoms with Gasteiger partial charge in [-0.15, -0.1) is 13.2 Å². The SMILES string of the molecule is O=C(Nc1ccc(OC(F)(F)F)cc1)NC1CCN(C(=O)C2=CC2)CC1. The van der Waals surface area contributed by atoms with Crippen molar-refractivity contribution < 1.29 is 27.5 Å². The lowest BCUT2D eigenvalue weighted by Gasteiger charge is -2.32. The summed E-state index contributed by atoms with van der Waals surface area (Å²) in [4.78, 5) is 25.7. The number of anilines is 1. The minimum absolute atomic E-state index is 0.0555. The van der Waals surface area contributed by atoms with E-state index in [0.717, 1.165) is 24.1 Å². The summed E-state index contributed by atoms with van der Waals surface area (Å²) in [5.41, 5.74) is 1.21. The van der Waals surface area contributed by atoms with Gasteiger partial charge >= 0.3 is 12.4 Å². The van der Waals surface area contributed by atoms with Crippen molar-refractivity contribution in [2.45, 2.75) is 31.7 Å². The van der Waals surface area contributed by atoms with Crippen molar-refractivity contribution >= 4 is 17.6 Å². The number of amides is 3. The molecule has 1 aromatic rings. The highest BCUT2D eigenvalue weighted by molar-refractivity contribution is 5.97. The molecule has 3 amide bonds. The van der Waals surface area contributed by atoms with Gasteiger partial charge in [-0.2, -0.15) is 0 Å². The Hall–Kier alpha value is -2.71. The average molecular weight is 369 g/mol. The van der Waals surface area contributed by atoms with E-state index in [0.29, 0.717) is 31.6 Å². The number of ether oxygens (including phenoxy) is 1. The van der Waals surface area contributed by atoms with Crippen molar-refractivity contribution in [2.24, 2.45) is 0 Å². The minimum atomic E-state index is -4.75. The summed E-state index contributed by atoms with van der Waals surface area (Å²) in [6.45, 7) is 1.18. The fourth-order valence-electron chi connectivity index (χ4n) is 2.75. The highest BCUT2D eigenvalue weighted by Crippen LogP contribution is 2.24. The molecule has 1 saturated heterocycles. The van der Waals surface area contributed by atoms with E-state index in [-0.39, 0.29) is 17.7 Å². The third-order valence-corrected chi connectivity index (χ3v) is 4.15. The predicted molar refractivity (Wildman–Crippen MR) is 87.6 cm³/mol. The van der Waals surface area contributed by atoms with Gasteiger partial charge in [-0.1, -0.05) is 6.08 Å². The summed E-state index contributed by atoms with van der Waals surface area (Å²) in [6.07, 6.45) is -0.772. The molecule has 0 unspecified atom stereocenters. The van der Waals surface area contributed by atoms with Gasteiger partial charge < -0.3 is 20.3 Å². The Kier molecular flexibility index (Phi) is 5.06. The van der Waals surface area contributed by atoms with E-state index in [2.05, 4.69) is 15.4 Å². The molecule has 1 aromatic carbocycles. The van der Waals surface area contributed by atoms with Crippen LogP contribution in [-0.4, -0.2) is 42.3 Å². The number of likely N-dealkylation sites (tertiary alicyclic amines) is 1. The summed E-state index contributed by atoms with van der Waals surface area (Å²) < 4.78 is 40.1. The number of hydrogen-bond donors (Lipinski definition) is 2. The fraction of sp³-hybridized carbons (Fsp3) is 0.412. The van der Waals surface area contributed by atoms with Crippen LogP contribution in [0.25, 0.3) is 0 Å². The second-order valence-electron chi connectivity index (χ2n) is 6.17. The number of nitrogens with zero attached hydrogens (tertiary/aromatic N) is 1. The lowest BCUT2D eigenvalue weighted by Crippen LogP contribution is -2.47. The molecule has 1 fully saturated rings. The van der Waals surface area contributed by atoms with E-state index in [9.17, 15) is 22.8 Å². The van der Waals surface area contributed by atoms with Gasteiger partial charge in [0.2, 0.25) is 5.91 Å². The van der Waals surface area contributed by atoms with Gasteiger partial charge in [0.05, 0.1) is 0 Å². The van der Waals surface area contributed by atoms with Crippen molar-refractivity contribution in [2.75, 3.05) is 18.4 Å². The third kappa shape index (κ3) is 5.14. The van der Waals surface area contributed by atoms with Gasteiger partial charge in [-0.05, 0) is 43.5 Å². The number of alkyl halides is 3. The third-order valence-electron chi connectivity index (χ3n) is 4.15. The molecule has 26 heavy (non-hydrogen) atoms. The maximum atomic E-state index is 12.1. The number of carbonyl (C=O) groups is 2. The first-order valence-electron chi connectivity index (χ1n) is 8.22. The van der Waals surface area contributed by atoms with E-state index in [1.54, 1.807) is 4.90 Å². The molecule has 0 atom stereocenters. The standard InChI is InChI=1S/C17H18F3N3O3/c18-17(19,20)26-14-5-3-12(4-6-14)21-16(25)22-13-7-9-23(10-8-13)15(24)11-1-2-11/h1,3-6,13H,2,7-10H2,(H2,21,22,25). The smallest absolute Gasteiger partial charge is 0.406 e. The van der Waals surface area contributed by atoms with Gasteiger partial charge in [0, 0.05) is 30.4 Å². The Labute approximate surface area is 148 Å². The van der Waals surface area contributed by atoms with Crippen LogP contribution in [0.3, 0.4) is 0 Å². The Bertz CT molecular complexity index is 708. The summed E-state index contributed by atoms with van der Waals surface area (Å²) in [5, 5.41) is 5.38. The Morgan fingerprint density at radius 2 is 1.73 bits per heavy atom. The van der Waals surface area contributed by atoms with E-state index in [1.165, 1.54) is 12.1 Å². The molecule has 1 heterocycles. The number of rotatable bonds is 4. The monoisotopic (exact) mass is 369 g/mol. The normalized spacial score (nSPS) is 17.3. The molecule has 1 aliphatic carbocycles. The average Bonchev–Trinajstić information content (AvgIpc) is 3.40. The first-order chi connectivity index (χ1) is 12.3. The van der Waals surface area contributed by atoms with Gasteiger partial charge in [0.15, 0.2) is 0 Å². The number of urea groups is 1. The van der Waals surface area contributed by atoms with Crippen LogP contribution in [0, 0.1) is 0 Å². The van der Waals surface area contributed by atoms with Crippen LogP contribution in [-0.2, 0) is 4.79 Å². The molecule has 0 aromatic heterocycles. The fourth-order valence-corrected chi connectivity index (χ4v) is 2.75. The predicted octanol–water partition coefficient (Wildman–Crippen LogP) is 3.03. The molecule has 0 saturated carbocycles. The van der Waals surface area contributed by atoms with Crippen molar-refractivity contribution in [3.63, 3.8) is 0 Å². The summed E-state index contributed by atoms with van der Waals surface area (Å²) >= 11 is 0. The number of hydrogen-bond acceptors (Lipinski definition) is 3. The van der Waals surface area contributed by atoms with E-state index >= 15 is 0 Å². The van der Waals surface area contributed by atoms with Gasteiger partial charge in [0.1, 0.15) is 5.75 Å². The minimum Gasteiger partial charge on any atom is -0.406 e. The Morgan fingerprint density at radius 3 is 2.27 bits per heavy atom. The zero-order chi connectivity index (χ0) is 18.7. The first kappa shape index (κ1) is 18.1. The van der Waals surface area contributed by atoms with Crippen LogP contribution in [0.4, 0.5) is 23.7 Å². The lowest BCUT2D eigenvalue weighted by atomic mass is 10.0. The van der Waals surface area contributed by atoms with E-state index in [4.69, 9.17) is 0 Å². The summed E-state index contributed by atoms with van der Waals surface area (Å²) in [7, 11) is 0. The van der Waals surface area contributed by atoms with Gasteiger partial charge in [0.25, 0.3) is 0 Å². The zero-order valence-corrected chi connectivity index (χ0v) is 13.8. The maximum absolute atomic E-state index is 12.1. The van der Waals surface area contributed by atoms with Gasteiger partial charge in [-0.3, -0.25) is 4.79 Å². The molecule has 9 heteroatoms. The molecule has 1 aliphatic heterocycles. The second kappa shape index (κ2) is 7.27. The molecule has 0 bridgehead atoms. The lowest BCUT2D eigenvalue weighted by molar-refractivity contribution is -0.274. The number of benzene rings is 1. The van der Waals surface area contributed by atoms with Crippen molar-refractivity contribution in [1.29, 1.82) is 0 Å². The van der Waals surface area contributed by atoms with Crippen LogP contribution in [0.15, 0.2) is 35.9 Å². The number of piperidine rings is 1. The molecule has 3 rings (SSSR count). The number of carbonyl (C=O) groups excluding carboxylic acids is 2. The quantitative estimate of drug-likeness (QED) is 0.857. The molecule has 0 radical (unpaired) electrons. The van der Waals surface area contributed by atoms with Crippen LogP contribution in [0.2, 0.25) is 0 Å². The molecule has 2 N–H and O–H groups in total. The second-order valence-corrected chi connectivity index (χ2v) is 6.17.